The number of nitrogens with zero attached hydrogens (tertiary/aromatic N) is 2. The van der Waals surface area contributed by atoms with Crippen molar-refractivity contribution in [2.45, 2.75) is 57.2 Å². The monoisotopic (exact) mass is 340 g/mol. The summed E-state index contributed by atoms with van der Waals surface area (Å²) in [6.07, 6.45) is 4.81. The molecule has 2 N–H and O–H groups in total. The van der Waals surface area contributed by atoms with E-state index in [2.05, 4.69) is 15.7 Å². The normalized spacial score (nSPS) is 30.4. The number of anilines is 1. The van der Waals surface area contributed by atoms with Crippen LogP contribution in [0.15, 0.2) is 12.3 Å². The molecule has 0 unspecified atom stereocenters. The van der Waals surface area contributed by atoms with Crippen LogP contribution >= 0.6 is 0 Å². The van der Waals surface area contributed by atoms with Gasteiger partial charge in [0, 0.05) is 36.2 Å². The molecule has 1 saturated heterocycles. The van der Waals surface area contributed by atoms with Gasteiger partial charge in [0.05, 0.1) is 6.10 Å². The molecule has 1 aromatic rings. The van der Waals surface area contributed by atoms with Crippen LogP contribution in [0.5, 0.6) is 0 Å². The maximum atomic E-state index is 12.3. The summed E-state index contributed by atoms with van der Waals surface area (Å²) in [5, 5.41) is 9.68. The number of amides is 2. The summed E-state index contributed by atoms with van der Waals surface area (Å²) in [5.74, 6) is 0.678. The molecule has 3 fully saturated rings. The van der Waals surface area contributed by atoms with Crippen molar-refractivity contribution in [3.8, 4) is 0 Å². The lowest BCUT2D eigenvalue weighted by Crippen LogP contribution is -2.68. The van der Waals surface area contributed by atoms with Crippen LogP contribution in [-0.2, 0) is 11.3 Å². The number of nitrogens with one attached hydrogen (secondary N) is 2. The van der Waals surface area contributed by atoms with E-state index in [-0.39, 0.29) is 29.4 Å². The van der Waals surface area contributed by atoms with Gasteiger partial charge in [-0.1, -0.05) is 12.8 Å². The zero-order chi connectivity index (χ0) is 16.7. The van der Waals surface area contributed by atoms with Gasteiger partial charge in [-0.25, -0.2) is 13.6 Å². The summed E-state index contributed by atoms with van der Waals surface area (Å²) in [4.78, 5) is 12.3. The first kappa shape index (κ1) is 15.8. The van der Waals surface area contributed by atoms with Gasteiger partial charge in [0.25, 0.3) is 6.43 Å². The van der Waals surface area contributed by atoms with Gasteiger partial charge in [-0.2, -0.15) is 5.10 Å². The molecule has 0 bridgehead atoms. The molecule has 1 spiro atoms. The fourth-order valence-electron chi connectivity index (χ4n) is 4.87. The number of ether oxygens (including phenoxy) is 1. The standard InChI is InChI=1S/C16H22F2N4O2/c17-11(18)9-22-7-3-12(21-22)19-15(23)20-13-10-4-8-24-14(10)16(13)5-1-2-6-16/h3,7,10-11,13-14H,1-2,4-6,8-9H2,(H2,19,20,21,23)/t10-,13-,14-/m1/s1. The average molecular weight is 340 g/mol. The van der Waals surface area contributed by atoms with Crippen molar-refractivity contribution in [1.29, 1.82) is 0 Å². The van der Waals surface area contributed by atoms with Crippen LogP contribution in [-0.4, -0.2) is 41.0 Å². The number of halogens is 2. The van der Waals surface area contributed by atoms with Crippen molar-refractivity contribution in [1.82, 2.24) is 15.1 Å². The van der Waals surface area contributed by atoms with E-state index >= 15 is 0 Å². The topological polar surface area (TPSA) is 68.2 Å². The lowest BCUT2D eigenvalue weighted by Gasteiger charge is -2.56. The second-order valence-corrected chi connectivity index (χ2v) is 7.07. The fourth-order valence-corrected chi connectivity index (χ4v) is 4.87. The molecular formula is C16H22F2N4O2. The number of hydrogen-bond donors (Lipinski definition) is 2. The van der Waals surface area contributed by atoms with Crippen LogP contribution in [0.1, 0.15) is 32.1 Å². The highest BCUT2D eigenvalue weighted by atomic mass is 19.3. The maximum absolute atomic E-state index is 12.3. The highest BCUT2D eigenvalue weighted by Gasteiger charge is 2.65. The summed E-state index contributed by atoms with van der Waals surface area (Å²) in [5.41, 5.74) is 0.0908. The van der Waals surface area contributed by atoms with Crippen molar-refractivity contribution in [2.24, 2.45) is 11.3 Å². The molecule has 132 valence electrons. The maximum Gasteiger partial charge on any atom is 0.320 e. The third-order valence-electron chi connectivity index (χ3n) is 5.78. The average Bonchev–Trinajstić information content (AvgIpc) is 3.24. The van der Waals surface area contributed by atoms with Crippen molar-refractivity contribution < 1.29 is 18.3 Å². The lowest BCUT2D eigenvalue weighted by molar-refractivity contribution is -0.125. The minimum absolute atomic E-state index is 0.0908. The molecule has 2 aliphatic carbocycles. The van der Waals surface area contributed by atoms with Gasteiger partial charge in [-0.15, -0.1) is 0 Å². The molecule has 6 nitrogen and oxygen atoms in total. The van der Waals surface area contributed by atoms with Crippen LogP contribution in [0, 0.1) is 11.3 Å². The molecule has 1 aliphatic heterocycles. The molecule has 1 aromatic heterocycles. The predicted molar refractivity (Wildman–Crippen MR) is 82.9 cm³/mol. The van der Waals surface area contributed by atoms with E-state index in [4.69, 9.17) is 4.74 Å². The van der Waals surface area contributed by atoms with Gasteiger partial charge in [0.1, 0.15) is 6.54 Å². The number of aromatic nitrogens is 2. The second kappa shape index (κ2) is 5.98. The Morgan fingerprint density at radius 2 is 2.25 bits per heavy atom. The van der Waals surface area contributed by atoms with Crippen LogP contribution in [0.3, 0.4) is 0 Å². The first-order chi connectivity index (χ1) is 11.6. The third kappa shape index (κ3) is 2.56. The van der Waals surface area contributed by atoms with Crippen molar-refractivity contribution in [2.75, 3.05) is 11.9 Å². The largest absolute Gasteiger partial charge is 0.377 e. The van der Waals surface area contributed by atoms with E-state index in [9.17, 15) is 13.6 Å². The summed E-state index contributed by atoms with van der Waals surface area (Å²) in [7, 11) is 0. The number of carbonyl (C=O) groups excluding carboxylic acids is 1. The molecule has 0 aromatic carbocycles. The summed E-state index contributed by atoms with van der Waals surface area (Å²) >= 11 is 0. The Morgan fingerprint density at radius 3 is 3.00 bits per heavy atom. The SMILES string of the molecule is O=C(Nc1ccn(CC(F)F)n1)N[C@@H]1[C@H]2CCO[C@H]2C12CCCC2. The fraction of sp³-hybridized carbons (Fsp3) is 0.750. The Labute approximate surface area is 138 Å². The molecule has 3 aliphatic rings. The second-order valence-electron chi connectivity index (χ2n) is 7.07. The first-order valence-electron chi connectivity index (χ1n) is 8.59. The third-order valence-corrected chi connectivity index (χ3v) is 5.78. The Morgan fingerprint density at radius 1 is 1.46 bits per heavy atom. The van der Waals surface area contributed by atoms with Gasteiger partial charge in [-0.3, -0.25) is 10.00 Å². The summed E-state index contributed by atoms with van der Waals surface area (Å²) < 4.78 is 31.7. The molecule has 4 rings (SSSR count). The smallest absolute Gasteiger partial charge is 0.320 e. The molecule has 8 heteroatoms. The van der Waals surface area contributed by atoms with Gasteiger partial charge in [-0.05, 0) is 19.3 Å². The number of carbonyl (C=O) groups is 1. The van der Waals surface area contributed by atoms with Gasteiger partial charge < -0.3 is 10.1 Å². The van der Waals surface area contributed by atoms with Crippen molar-refractivity contribution in [3.63, 3.8) is 0 Å². The molecule has 2 saturated carbocycles. The van der Waals surface area contributed by atoms with Crippen molar-refractivity contribution >= 4 is 11.8 Å². The number of rotatable bonds is 4. The zero-order valence-electron chi connectivity index (χ0n) is 13.4. The van der Waals surface area contributed by atoms with Crippen LogP contribution in [0.25, 0.3) is 0 Å². The molecule has 0 radical (unpaired) electrons. The van der Waals surface area contributed by atoms with Crippen LogP contribution in [0.4, 0.5) is 19.4 Å². The lowest BCUT2D eigenvalue weighted by atomic mass is 9.54. The number of hydrogen-bond acceptors (Lipinski definition) is 3. The number of alkyl halides is 2. The van der Waals surface area contributed by atoms with Gasteiger partial charge >= 0.3 is 6.03 Å². The van der Waals surface area contributed by atoms with Crippen LogP contribution in [0.2, 0.25) is 0 Å². The van der Waals surface area contributed by atoms with E-state index in [1.165, 1.54) is 25.1 Å². The predicted octanol–water partition coefficient (Wildman–Crippen LogP) is 2.62. The van der Waals surface area contributed by atoms with Gasteiger partial charge in [0.15, 0.2) is 5.82 Å². The van der Waals surface area contributed by atoms with E-state index in [0.29, 0.717) is 5.92 Å². The van der Waals surface area contributed by atoms with Crippen molar-refractivity contribution in [3.05, 3.63) is 12.3 Å². The minimum atomic E-state index is -2.47. The van der Waals surface area contributed by atoms with E-state index in [1.807, 2.05) is 0 Å². The van der Waals surface area contributed by atoms with Crippen LogP contribution < -0.4 is 10.6 Å². The van der Waals surface area contributed by atoms with E-state index < -0.39 is 13.0 Å². The molecule has 3 atom stereocenters. The quantitative estimate of drug-likeness (QED) is 0.885. The Balaban J connectivity index is 1.38. The first-order valence-corrected chi connectivity index (χ1v) is 8.59. The zero-order valence-corrected chi connectivity index (χ0v) is 13.4. The van der Waals surface area contributed by atoms with E-state index in [1.54, 1.807) is 0 Å². The Hall–Kier alpha value is -1.70. The molecular weight excluding hydrogens is 318 g/mol. The highest BCUT2D eigenvalue weighted by Crippen LogP contribution is 2.60. The molecule has 2 amide bonds. The Bertz CT molecular complexity index is 615. The summed E-state index contributed by atoms with van der Waals surface area (Å²) in [6, 6.07) is 1.34. The highest BCUT2D eigenvalue weighted by molar-refractivity contribution is 5.88. The summed E-state index contributed by atoms with van der Waals surface area (Å²) in [6.45, 7) is 0.297. The number of urea groups is 1. The van der Waals surface area contributed by atoms with E-state index in [0.717, 1.165) is 30.6 Å². The number of fused-ring (bicyclic) bond motifs is 2. The minimum Gasteiger partial charge on any atom is -0.377 e. The van der Waals surface area contributed by atoms with Gasteiger partial charge in [0.2, 0.25) is 0 Å². The molecule has 24 heavy (non-hydrogen) atoms. The Kier molecular flexibility index (Phi) is 3.94. The molecule has 2 heterocycles.